The smallest absolute Gasteiger partial charge is 0.227 e. The number of morpholine rings is 1. The van der Waals surface area contributed by atoms with E-state index in [2.05, 4.69) is 43.6 Å². The van der Waals surface area contributed by atoms with Crippen molar-refractivity contribution in [2.24, 2.45) is 0 Å². The molecule has 3 heterocycles. The summed E-state index contributed by atoms with van der Waals surface area (Å²) in [5.74, 6) is 1.26. The largest absolute Gasteiger partial charge is 0.379 e. The molecule has 1 amide bonds. The Balaban J connectivity index is 1.43. The predicted molar refractivity (Wildman–Crippen MR) is 121 cm³/mol. The lowest BCUT2D eigenvalue weighted by Gasteiger charge is -2.27. The molecule has 7 heteroatoms. The third kappa shape index (κ3) is 3.77. The maximum Gasteiger partial charge on any atom is 0.227 e. The number of hydrogen-bond acceptors (Lipinski definition) is 4. The summed E-state index contributed by atoms with van der Waals surface area (Å²) in [5, 5.41) is 0. The third-order valence-corrected chi connectivity index (χ3v) is 6.73. The van der Waals surface area contributed by atoms with Crippen molar-refractivity contribution < 1.29 is 9.53 Å². The number of rotatable bonds is 5. The second-order valence-electron chi connectivity index (χ2n) is 7.92. The van der Waals surface area contributed by atoms with Gasteiger partial charge < -0.3 is 14.2 Å². The number of para-hydroxylation sites is 3. The molecule has 2 aliphatic rings. The molecule has 30 heavy (non-hydrogen) atoms. The molecule has 0 N–H and O–H groups in total. The van der Waals surface area contributed by atoms with Crippen LogP contribution in [0, 0.1) is 0 Å². The molecule has 0 radical (unpaired) electrons. The average Bonchev–Trinajstić information content (AvgIpc) is 3.34. The van der Waals surface area contributed by atoms with Gasteiger partial charge in [0.15, 0.2) is 0 Å². The number of carbonyl (C=O) groups is 1. The van der Waals surface area contributed by atoms with Crippen LogP contribution in [-0.2, 0) is 16.1 Å². The maximum absolute atomic E-state index is 12.9. The number of ether oxygens (including phenoxy) is 1. The highest BCUT2D eigenvalue weighted by molar-refractivity contribution is 9.10. The van der Waals surface area contributed by atoms with Crippen molar-refractivity contribution in [1.29, 1.82) is 0 Å². The van der Waals surface area contributed by atoms with Crippen molar-refractivity contribution in [1.82, 2.24) is 14.5 Å². The standard InChI is InChI=1S/C23H25BrN4O2/c24-18-5-1-3-7-20(18)28-16-17(15-22(28)29)23-25-19-6-2-4-8-21(19)27(23)10-9-26-11-13-30-14-12-26/h1-8,17H,9-16H2/t17-/m0/s1. The molecule has 3 aromatic rings. The van der Waals surface area contributed by atoms with Gasteiger partial charge in [-0.15, -0.1) is 0 Å². The van der Waals surface area contributed by atoms with E-state index in [1.807, 2.05) is 35.2 Å². The zero-order chi connectivity index (χ0) is 20.5. The zero-order valence-corrected chi connectivity index (χ0v) is 18.4. The number of fused-ring (bicyclic) bond motifs is 1. The molecule has 2 saturated heterocycles. The molecule has 2 aliphatic heterocycles. The summed E-state index contributed by atoms with van der Waals surface area (Å²) < 4.78 is 8.75. The fourth-order valence-electron chi connectivity index (χ4n) is 4.49. The number of aromatic nitrogens is 2. The highest BCUT2D eigenvalue weighted by atomic mass is 79.9. The van der Waals surface area contributed by atoms with Gasteiger partial charge in [0.1, 0.15) is 5.82 Å². The SMILES string of the molecule is O=C1C[C@H](c2nc3ccccc3n2CCN2CCOCC2)CN1c1ccccc1Br. The van der Waals surface area contributed by atoms with Gasteiger partial charge >= 0.3 is 0 Å². The van der Waals surface area contributed by atoms with Crippen LogP contribution >= 0.6 is 15.9 Å². The Morgan fingerprint density at radius 1 is 1.03 bits per heavy atom. The highest BCUT2D eigenvalue weighted by Gasteiger charge is 2.35. The quantitative estimate of drug-likeness (QED) is 0.573. The van der Waals surface area contributed by atoms with Crippen molar-refractivity contribution in [2.75, 3.05) is 44.3 Å². The van der Waals surface area contributed by atoms with E-state index < -0.39 is 0 Å². The second-order valence-corrected chi connectivity index (χ2v) is 8.78. The Morgan fingerprint density at radius 3 is 2.63 bits per heavy atom. The van der Waals surface area contributed by atoms with Crippen molar-refractivity contribution in [3.8, 4) is 0 Å². The molecular weight excluding hydrogens is 444 g/mol. The number of imidazole rings is 1. The lowest BCUT2D eigenvalue weighted by molar-refractivity contribution is -0.117. The number of nitrogens with zero attached hydrogens (tertiary/aromatic N) is 4. The van der Waals surface area contributed by atoms with Gasteiger partial charge in [-0.25, -0.2) is 4.98 Å². The molecule has 1 atom stereocenters. The minimum absolute atomic E-state index is 0.0849. The number of carbonyl (C=O) groups excluding carboxylic acids is 1. The molecule has 0 aliphatic carbocycles. The molecule has 0 unspecified atom stereocenters. The molecular formula is C23H25BrN4O2. The molecule has 2 fully saturated rings. The van der Waals surface area contributed by atoms with Crippen LogP contribution in [0.3, 0.4) is 0 Å². The van der Waals surface area contributed by atoms with E-state index in [0.717, 1.165) is 66.4 Å². The Kier molecular flexibility index (Phi) is 5.58. The zero-order valence-electron chi connectivity index (χ0n) is 16.8. The number of halogens is 1. The monoisotopic (exact) mass is 468 g/mol. The van der Waals surface area contributed by atoms with E-state index >= 15 is 0 Å². The van der Waals surface area contributed by atoms with Crippen LogP contribution in [0.5, 0.6) is 0 Å². The van der Waals surface area contributed by atoms with E-state index in [9.17, 15) is 4.79 Å². The normalized spacial score (nSPS) is 20.4. The van der Waals surface area contributed by atoms with Crippen LogP contribution < -0.4 is 4.90 Å². The molecule has 5 rings (SSSR count). The number of anilines is 1. The molecule has 2 aromatic carbocycles. The highest BCUT2D eigenvalue weighted by Crippen LogP contribution is 2.36. The van der Waals surface area contributed by atoms with Crippen LogP contribution in [0.25, 0.3) is 11.0 Å². The fraction of sp³-hybridized carbons (Fsp3) is 0.391. The number of hydrogen-bond donors (Lipinski definition) is 0. The van der Waals surface area contributed by atoms with Crippen molar-refractivity contribution >= 4 is 38.6 Å². The van der Waals surface area contributed by atoms with Crippen LogP contribution in [-0.4, -0.2) is 59.8 Å². The van der Waals surface area contributed by atoms with Crippen LogP contribution in [0.4, 0.5) is 5.69 Å². The topological polar surface area (TPSA) is 50.6 Å². The summed E-state index contributed by atoms with van der Waals surface area (Å²) in [6.45, 7) is 6.04. The van der Waals surface area contributed by atoms with Crippen molar-refractivity contribution in [3.63, 3.8) is 0 Å². The third-order valence-electron chi connectivity index (χ3n) is 6.06. The first kappa shape index (κ1) is 19.7. The molecule has 6 nitrogen and oxygen atoms in total. The Morgan fingerprint density at radius 2 is 1.80 bits per heavy atom. The lowest BCUT2D eigenvalue weighted by Crippen LogP contribution is -2.38. The summed E-state index contributed by atoms with van der Waals surface area (Å²) in [4.78, 5) is 22.2. The summed E-state index contributed by atoms with van der Waals surface area (Å²) in [5.41, 5.74) is 3.08. The molecule has 1 aromatic heterocycles. The average molecular weight is 469 g/mol. The minimum Gasteiger partial charge on any atom is -0.379 e. The molecule has 156 valence electrons. The van der Waals surface area contributed by atoms with Gasteiger partial charge in [-0.2, -0.15) is 0 Å². The summed E-state index contributed by atoms with van der Waals surface area (Å²) in [7, 11) is 0. The Labute approximate surface area is 184 Å². The summed E-state index contributed by atoms with van der Waals surface area (Å²) >= 11 is 3.59. The van der Waals surface area contributed by atoms with Gasteiger partial charge in [-0.05, 0) is 40.2 Å². The van der Waals surface area contributed by atoms with Gasteiger partial charge in [0.2, 0.25) is 5.91 Å². The van der Waals surface area contributed by atoms with E-state index in [-0.39, 0.29) is 11.8 Å². The Hall–Kier alpha value is -2.22. The van der Waals surface area contributed by atoms with E-state index in [1.54, 1.807) is 0 Å². The van der Waals surface area contributed by atoms with Gasteiger partial charge in [-0.3, -0.25) is 9.69 Å². The minimum atomic E-state index is 0.0849. The van der Waals surface area contributed by atoms with E-state index in [0.29, 0.717) is 13.0 Å². The second kappa shape index (κ2) is 8.49. The summed E-state index contributed by atoms with van der Waals surface area (Å²) in [6.07, 6.45) is 0.488. The van der Waals surface area contributed by atoms with E-state index in [1.165, 1.54) is 0 Å². The predicted octanol–water partition coefficient (Wildman–Crippen LogP) is 3.65. The van der Waals surface area contributed by atoms with Crippen LogP contribution in [0.15, 0.2) is 53.0 Å². The van der Waals surface area contributed by atoms with Gasteiger partial charge in [-0.1, -0.05) is 24.3 Å². The fourth-order valence-corrected chi connectivity index (χ4v) is 4.99. The maximum atomic E-state index is 12.9. The van der Waals surface area contributed by atoms with Gasteiger partial charge in [0, 0.05) is 49.5 Å². The Bertz CT molecular complexity index is 1060. The van der Waals surface area contributed by atoms with Crippen LogP contribution in [0.2, 0.25) is 0 Å². The first-order valence-corrected chi connectivity index (χ1v) is 11.3. The lowest BCUT2D eigenvalue weighted by atomic mass is 10.1. The molecule has 0 saturated carbocycles. The van der Waals surface area contributed by atoms with E-state index in [4.69, 9.17) is 9.72 Å². The molecule has 0 spiro atoms. The van der Waals surface area contributed by atoms with Crippen molar-refractivity contribution in [2.45, 2.75) is 18.9 Å². The van der Waals surface area contributed by atoms with Crippen LogP contribution in [0.1, 0.15) is 18.2 Å². The first-order valence-electron chi connectivity index (χ1n) is 10.5. The number of amides is 1. The molecule has 0 bridgehead atoms. The van der Waals surface area contributed by atoms with Gasteiger partial charge in [0.25, 0.3) is 0 Å². The summed E-state index contributed by atoms with van der Waals surface area (Å²) in [6, 6.07) is 16.2. The first-order chi connectivity index (χ1) is 14.7. The van der Waals surface area contributed by atoms with Gasteiger partial charge in [0.05, 0.1) is 29.9 Å². The number of benzene rings is 2. The van der Waals surface area contributed by atoms with Crippen molar-refractivity contribution in [3.05, 3.63) is 58.8 Å².